The SMILES string of the molecule is Cc1csc(CN(C)C[C@H]2COc3ccccc3O2)n1. The minimum atomic E-state index is 0.0657. The zero-order valence-electron chi connectivity index (χ0n) is 11.7. The summed E-state index contributed by atoms with van der Waals surface area (Å²) < 4.78 is 11.7. The van der Waals surface area contributed by atoms with Crippen molar-refractivity contribution in [1.82, 2.24) is 9.88 Å². The molecule has 1 aromatic heterocycles. The maximum Gasteiger partial charge on any atom is 0.161 e. The topological polar surface area (TPSA) is 34.6 Å². The summed E-state index contributed by atoms with van der Waals surface area (Å²) in [6.45, 7) is 4.29. The van der Waals surface area contributed by atoms with Crippen LogP contribution in [-0.2, 0) is 6.54 Å². The highest BCUT2D eigenvalue weighted by Gasteiger charge is 2.22. The number of rotatable bonds is 4. The van der Waals surface area contributed by atoms with Gasteiger partial charge in [0, 0.05) is 17.6 Å². The molecular formula is C15H18N2O2S. The molecule has 1 aliphatic rings. The molecule has 2 aromatic rings. The standard InChI is InChI=1S/C15H18N2O2S/c1-11-10-20-15(16-11)8-17(2)7-12-9-18-13-5-3-4-6-14(13)19-12/h3-6,10,12H,7-9H2,1-2H3/t12-/m0/s1. The summed E-state index contributed by atoms with van der Waals surface area (Å²) >= 11 is 1.70. The number of ether oxygens (including phenoxy) is 2. The first-order chi connectivity index (χ1) is 9.70. The van der Waals surface area contributed by atoms with Gasteiger partial charge in [0.15, 0.2) is 11.5 Å². The van der Waals surface area contributed by atoms with Crippen LogP contribution in [0, 0.1) is 6.92 Å². The number of aromatic nitrogens is 1. The van der Waals surface area contributed by atoms with Gasteiger partial charge in [-0.15, -0.1) is 11.3 Å². The summed E-state index contributed by atoms with van der Waals surface area (Å²) in [5.41, 5.74) is 1.09. The predicted molar refractivity (Wildman–Crippen MR) is 79.5 cm³/mol. The number of fused-ring (bicyclic) bond motifs is 1. The highest BCUT2D eigenvalue weighted by Crippen LogP contribution is 2.31. The second-order valence-corrected chi connectivity index (χ2v) is 6.02. The number of para-hydroxylation sites is 2. The smallest absolute Gasteiger partial charge is 0.161 e. The number of thiazole rings is 1. The molecule has 20 heavy (non-hydrogen) atoms. The van der Waals surface area contributed by atoms with E-state index in [-0.39, 0.29) is 6.10 Å². The van der Waals surface area contributed by atoms with Gasteiger partial charge in [0.2, 0.25) is 0 Å². The highest BCUT2D eigenvalue weighted by atomic mass is 32.1. The third kappa shape index (κ3) is 3.11. The van der Waals surface area contributed by atoms with Crippen molar-refractivity contribution >= 4 is 11.3 Å². The second kappa shape index (κ2) is 5.81. The van der Waals surface area contributed by atoms with Crippen molar-refractivity contribution in [2.45, 2.75) is 19.6 Å². The number of benzene rings is 1. The van der Waals surface area contributed by atoms with Crippen LogP contribution in [-0.4, -0.2) is 36.2 Å². The van der Waals surface area contributed by atoms with Crippen LogP contribution in [0.1, 0.15) is 10.7 Å². The van der Waals surface area contributed by atoms with E-state index in [2.05, 4.69) is 22.3 Å². The Labute approximate surface area is 123 Å². The number of nitrogens with zero attached hydrogens (tertiary/aromatic N) is 2. The molecule has 0 saturated heterocycles. The van der Waals surface area contributed by atoms with Crippen molar-refractivity contribution in [3.63, 3.8) is 0 Å². The molecule has 2 heterocycles. The number of aryl methyl sites for hydroxylation is 1. The van der Waals surface area contributed by atoms with Gasteiger partial charge in [0.05, 0.1) is 6.54 Å². The third-order valence-electron chi connectivity index (χ3n) is 3.15. The fraction of sp³-hybridized carbons (Fsp3) is 0.400. The Hall–Kier alpha value is -1.59. The monoisotopic (exact) mass is 290 g/mol. The molecule has 0 saturated carbocycles. The number of hydrogen-bond donors (Lipinski definition) is 0. The summed E-state index contributed by atoms with van der Waals surface area (Å²) in [5, 5.41) is 3.22. The van der Waals surface area contributed by atoms with Crippen LogP contribution in [0.15, 0.2) is 29.6 Å². The molecule has 5 heteroatoms. The Kier molecular flexibility index (Phi) is 3.89. The lowest BCUT2D eigenvalue weighted by atomic mass is 10.2. The Bertz CT molecular complexity index is 585. The van der Waals surface area contributed by atoms with Gasteiger partial charge in [0.25, 0.3) is 0 Å². The minimum Gasteiger partial charge on any atom is -0.486 e. The Morgan fingerprint density at radius 1 is 1.35 bits per heavy atom. The first-order valence-electron chi connectivity index (χ1n) is 6.69. The zero-order chi connectivity index (χ0) is 13.9. The van der Waals surface area contributed by atoms with Gasteiger partial charge in [-0.05, 0) is 26.1 Å². The molecule has 0 unspecified atom stereocenters. The van der Waals surface area contributed by atoms with Gasteiger partial charge >= 0.3 is 0 Å². The summed E-state index contributed by atoms with van der Waals surface area (Å²) in [7, 11) is 2.08. The highest BCUT2D eigenvalue weighted by molar-refractivity contribution is 7.09. The van der Waals surface area contributed by atoms with Crippen LogP contribution in [0.4, 0.5) is 0 Å². The molecule has 1 aliphatic heterocycles. The van der Waals surface area contributed by atoms with Crippen molar-refractivity contribution in [3.05, 3.63) is 40.3 Å². The van der Waals surface area contributed by atoms with Crippen molar-refractivity contribution in [3.8, 4) is 11.5 Å². The van der Waals surface area contributed by atoms with Crippen molar-refractivity contribution in [2.24, 2.45) is 0 Å². The van der Waals surface area contributed by atoms with E-state index < -0.39 is 0 Å². The van der Waals surface area contributed by atoms with Crippen LogP contribution in [0.5, 0.6) is 11.5 Å². The van der Waals surface area contributed by atoms with Gasteiger partial charge in [-0.1, -0.05) is 12.1 Å². The maximum atomic E-state index is 5.96. The van der Waals surface area contributed by atoms with Crippen LogP contribution in [0.3, 0.4) is 0 Å². The van der Waals surface area contributed by atoms with Crippen molar-refractivity contribution < 1.29 is 9.47 Å². The molecule has 0 fully saturated rings. The molecule has 0 N–H and O–H groups in total. The first-order valence-corrected chi connectivity index (χ1v) is 7.57. The molecule has 3 rings (SSSR count). The Morgan fingerprint density at radius 2 is 2.15 bits per heavy atom. The largest absolute Gasteiger partial charge is 0.486 e. The molecule has 0 spiro atoms. The van der Waals surface area contributed by atoms with E-state index in [0.29, 0.717) is 6.61 Å². The van der Waals surface area contributed by atoms with Gasteiger partial charge < -0.3 is 9.47 Å². The Balaban J connectivity index is 1.56. The van der Waals surface area contributed by atoms with Gasteiger partial charge in [-0.25, -0.2) is 4.98 Å². The van der Waals surface area contributed by atoms with Crippen LogP contribution in [0.2, 0.25) is 0 Å². The van der Waals surface area contributed by atoms with E-state index in [0.717, 1.165) is 35.3 Å². The van der Waals surface area contributed by atoms with Crippen molar-refractivity contribution in [1.29, 1.82) is 0 Å². The maximum absolute atomic E-state index is 5.96. The molecule has 0 aliphatic carbocycles. The third-order valence-corrected chi connectivity index (χ3v) is 4.11. The van der Waals surface area contributed by atoms with E-state index in [4.69, 9.17) is 9.47 Å². The summed E-state index contributed by atoms with van der Waals surface area (Å²) in [4.78, 5) is 6.71. The average molecular weight is 290 g/mol. The van der Waals surface area contributed by atoms with Crippen LogP contribution in [0.25, 0.3) is 0 Å². The van der Waals surface area contributed by atoms with Gasteiger partial charge in [-0.2, -0.15) is 0 Å². The first kappa shape index (κ1) is 13.4. The lowest BCUT2D eigenvalue weighted by Crippen LogP contribution is -2.39. The molecule has 0 amide bonds. The lowest BCUT2D eigenvalue weighted by Gasteiger charge is -2.29. The molecule has 4 nitrogen and oxygen atoms in total. The van der Waals surface area contributed by atoms with Crippen LogP contribution >= 0.6 is 11.3 Å². The second-order valence-electron chi connectivity index (χ2n) is 5.08. The summed E-state index contributed by atoms with van der Waals surface area (Å²) in [6, 6.07) is 7.81. The normalized spacial score (nSPS) is 17.4. The predicted octanol–water partition coefficient (Wildman–Crippen LogP) is 2.72. The van der Waals surface area contributed by atoms with E-state index in [1.54, 1.807) is 11.3 Å². The Morgan fingerprint density at radius 3 is 2.90 bits per heavy atom. The fourth-order valence-electron chi connectivity index (χ4n) is 2.27. The zero-order valence-corrected chi connectivity index (χ0v) is 12.5. The van der Waals surface area contributed by atoms with Crippen LogP contribution < -0.4 is 9.47 Å². The molecule has 1 atom stereocenters. The van der Waals surface area contributed by atoms with Crippen molar-refractivity contribution in [2.75, 3.05) is 20.2 Å². The van der Waals surface area contributed by atoms with E-state index in [1.165, 1.54) is 0 Å². The molecule has 0 bridgehead atoms. The molecular weight excluding hydrogens is 272 g/mol. The quantitative estimate of drug-likeness (QED) is 0.867. The number of hydrogen-bond acceptors (Lipinski definition) is 5. The minimum absolute atomic E-state index is 0.0657. The van der Waals surface area contributed by atoms with E-state index in [9.17, 15) is 0 Å². The average Bonchev–Trinajstić information content (AvgIpc) is 2.83. The van der Waals surface area contributed by atoms with Gasteiger partial charge in [0.1, 0.15) is 17.7 Å². The fourth-order valence-corrected chi connectivity index (χ4v) is 3.12. The van der Waals surface area contributed by atoms with E-state index in [1.807, 2.05) is 31.2 Å². The summed E-state index contributed by atoms with van der Waals surface area (Å²) in [5.74, 6) is 1.67. The lowest BCUT2D eigenvalue weighted by molar-refractivity contribution is 0.0638. The molecule has 1 aromatic carbocycles. The summed E-state index contributed by atoms with van der Waals surface area (Å²) in [6.07, 6.45) is 0.0657. The van der Waals surface area contributed by atoms with E-state index >= 15 is 0 Å². The van der Waals surface area contributed by atoms with Gasteiger partial charge in [-0.3, -0.25) is 4.90 Å². The molecule has 106 valence electrons. The molecule has 0 radical (unpaired) electrons. The number of likely N-dealkylation sites (N-methyl/N-ethyl adjacent to an activating group) is 1.